The molecule has 6 nitrogen and oxygen atoms in total. The number of nitrogens with zero attached hydrogens (tertiary/aromatic N) is 3. The summed E-state index contributed by atoms with van der Waals surface area (Å²) in [6.45, 7) is 0.485. The van der Waals surface area contributed by atoms with Crippen molar-refractivity contribution >= 4 is 11.4 Å². The van der Waals surface area contributed by atoms with Gasteiger partial charge in [0, 0.05) is 0 Å². The van der Waals surface area contributed by atoms with Crippen molar-refractivity contribution in [2.24, 2.45) is 0 Å². The molecule has 2 rings (SSSR count). The second-order valence-corrected chi connectivity index (χ2v) is 3.20. The molecule has 4 N–H and O–H groups in total. The van der Waals surface area contributed by atoms with Crippen LogP contribution in [0, 0.1) is 11.3 Å². The maximum absolute atomic E-state index is 8.76. The average molecular weight is 214 g/mol. The molecule has 80 valence electrons. The lowest BCUT2D eigenvalue weighted by Gasteiger charge is -2.07. The van der Waals surface area contributed by atoms with E-state index in [1.165, 1.54) is 6.33 Å². The third kappa shape index (κ3) is 2.09. The number of aromatic amines is 1. The van der Waals surface area contributed by atoms with Crippen LogP contribution in [-0.4, -0.2) is 15.2 Å². The largest absolute Gasteiger partial charge is 0.397 e. The fourth-order valence-corrected chi connectivity index (χ4v) is 1.27. The van der Waals surface area contributed by atoms with Gasteiger partial charge in [0.05, 0.1) is 29.6 Å². The number of anilines is 2. The quantitative estimate of drug-likeness (QED) is 0.658. The molecule has 0 amide bonds. The molecular weight excluding hydrogens is 204 g/mol. The Kier molecular flexibility index (Phi) is 2.69. The van der Waals surface area contributed by atoms with Gasteiger partial charge in [-0.25, -0.2) is 4.98 Å². The number of nitrogens with one attached hydrogen (secondary N) is 2. The standard InChI is InChI=1S/C10H10N6/c11-4-7-1-2-8(12)9(3-7)13-5-10-14-6-15-16-10/h1-3,6,13H,5,12H2,(H,14,15,16). The van der Waals surface area contributed by atoms with Crippen molar-refractivity contribution in [1.29, 1.82) is 5.26 Å². The van der Waals surface area contributed by atoms with Crippen molar-refractivity contribution in [1.82, 2.24) is 15.2 Å². The smallest absolute Gasteiger partial charge is 0.143 e. The normalized spacial score (nSPS) is 9.69. The Bertz CT molecular complexity index is 511. The highest BCUT2D eigenvalue weighted by Gasteiger charge is 2.01. The molecule has 16 heavy (non-hydrogen) atoms. The predicted octanol–water partition coefficient (Wildman–Crippen LogP) is 0.871. The maximum Gasteiger partial charge on any atom is 0.143 e. The topological polar surface area (TPSA) is 103 Å². The third-order valence-electron chi connectivity index (χ3n) is 2.09. The molecule has 0 saturated carbocycles. The number of hydrogen-bond donors (Lipinski definition) is 3. The van der Waals surface area contributed by atoms with E-state index in [0.717, 1.165) is 5.69 Å². The SMILES string of the molecule is N#Cc1ccc(N)c(NCc2ncn[nH]2)c1. The Balaban J connectivity index is 2.12. The van der Waals surface area contributed by atoms with Gasteiger partial charge in [0.1, 0.15) is 12.2 Å². The van der Waals surface area contributed by atoms with E-state index >= 15 is 0 Å². The summed E-state index contributed by atoms with van der Waals surface area (Å²) in [5.74, 6) is 0.710. The van der Waals surface area contributed by atoms with Crippen LogP contribution in [0.1, 0.15) is 11.4 Å². The van der Waals surface area contributed by atoms with Crippen LogP contribution < -0.4 is 11.1 Å². The summed E-state index contributed by atoms with van der Waals surface area (Å²) < 4.78 is 0. The highest BCUT2D eigenvalue weighted by Crippen LogP contribution is 2.19. The van der Waals surface area contributed by atoms with Gasteiger partial charge in [0.15, 0.2) is 0 Å². The fraction of sp³-hybridized carbons (Fsp3) is 0.100. The molecule has 0 spiro atoms. The lowest BCUT2D eigenvalue weighted by Crippen LogP contribution is -2.04. The minimum atomic E-state index is 0.485. The second kappa shape index (κ2) is 4.31. The van der Waals surface area contributed by atoms with Crippen LogP contribution in [0.4, 0.5) is 11.4 Å². The number of benzene rings is 1. The van der Waals surface area contributed by atoms with Gasteiger partial charge in [-0.3, -0.25) is 5.10 Å². The van der Waals surface area contributed by atoms with E-state index in [1.807, 2.05) is 0 Å². The minimum absolute atomic E-state index is 0.485. The maximum atomic E-state index is 8.76. The monoisotopic (exact) mass is 214 g/mol. The van der Waals surface area contributed by atoms with E-state index in [-0.39, 0.29) is 0 Å². The van der Waals surface area contributed by atoms with Crippen LogP contribution in [0.25, 0.3) is 0 Å². The zero-order valence-corrected chi connectivity index (χ0v) is 8.44. The zero-order chi connectivity index (χ0) is 11.4. The first-order chi connectivity index (χ1) is 7.79. The van der Waals surface area contributed by atoms with Crippen molar-refractivity contribution in [3.8, 4) is 6.07 Å². The molecule has 0 aliphatic carbocycles. The van der Waals surface area contributed by atoms with Gasteiger partial charge in [-0.05, 0) is 18.2 Å². The molecule has 0 aliphatic rings. The van der Waals surface area contributed by atoms with Gasteiger partial charge in [-0.2, -0.15) is 10.4 Å². The first-order valence-corrected chi connectivity index (χ1v) is 4.67. The third-order valence-corrected chi connectivity index (χ3v) is 2.09. The van der Waals surface area contributed by atoms with E-state index in [0.29, 0.717) is 23.6 Å². The number of hydrogen-bond acceptors (Lipinski definition) is 5. The molecule has 0 fully saturated rings. The van der Waals surface area contributed by atoms with Gasteiger partial charge in [-0.1, -0.05) is 0 Å². The van der Waals surface area contributed by atoms with Crippen LogP contribution in [0.2, 0.25) is 0 Å². The Hall–Kier alpha value is -2.55. The van der Waals surface area contributed by atoms with Crippen molar-refractivity contribution in [3.05, 3.63) is 35.9 Å². The van der Waals surface area contributed by atoms with Crippen molar-refractivity contribution in [3.63, 3.8) is 0 Å². The molecule has 0 aliphatic heterocycles. The Morgan fingerprint density at radius 3 is 3.06 bits per heavy atom. The summed E-state index contributed by atoms with van der Waals surface area (Å²) in [5.41, 5.74) is 7.64. The van der Waals surface area contributed by atoms with Crippen molar-refractivity contribution in [2.45, 2.75) is 6.54 Å². The van der Waals surface area contributed by atoms with E-state index in [1.54, 1.807) is 18.2 Å². The number of nitrogens with two attached hydrogens (primary N) is 1. The van der Waals surface area contributed by atoms with E-state index in [2.05, 4.69) is 26.6 Å². The van der Waals surface area contributed by atoms with Gasteiger partial charge in [0.2, 0.25) is 0 Å². The van der Waals surface area contributed by atoms with E-state index in [9.17, 15) is 0 Å². The summed E-state index contributed by atoms with van der Waals surface area (Å²) in [6, 6.07) is 7.13. The number of nitriles is 1. The van der Waals surface area contributed by atoms with Crippen LogP contribution in [0.5, 0.6) is 0 Å². The molecular formula is C10H10N6. The summed E-state index contributed by atoms with van der Waals surface area (Å²) in [7, 11) is 0. The second-order valence-electron chi connectivity index (χ2n) is 3.20. The van der Waals surface area contributed by atoms with Crippen LogP contribution in [0.15, 0.2) is 24.5 Å². The number of nitrogen functional groups attached to an aromatic ring is 1. The van der Waals surface area contributed by atoms with Crippen molar-refractivity contribution in [2.75, 3.05) is 11.1 Å². The number of H-pyrrole nitrogens is 1. The zero-order valence-electron chi connectivity index (χ0n) is 8.44. The van der Waals surface area contributed by atoms with Gasteiger partial charge >= 0.3 is 0 Å². The predicted molar refractivity (Wildman–Crippen MR) is 59.3 cm³/mol. The highest BCUT2D eigenvalue weighted by molar-refractivity contribution is 5.68. The molecule has 0 saturated heterocycles. The Morgan fingerprint density at radius 1 is 1.50 bits per heavy atom. The molecule has 1 aromatic carbocycles. The number of rotatable bonds is 3. The van der Waals surface area contributed by atoms with Crippen LogP contribution in [-0.2, 0) is 6.54 Å². The Morgan fingerprint density at radius 2 is 2.38 bits per heavy atom. The summed E-state index contributed by atoms with van der Waals surface area (Å²) >= 11 is 0. The van der Waals surface area contributed by atoms with Crippen LogP contribution >= 0.6 is 0 Å². The molecule has 1 heterocycles. The molecule has 0 radical (unpaired) electrons. The molecule has 1 aromatic heterocycles. The molecule has 2 aromatic rings. The highest BCUT2D eigenvalue weighted by atomic mass is 15.2. The Labute approximate surface area is 92.1 Å². The summed E-state index contributed by atoms with van der Waals surface area (Å²) in [6.07, 6.45) is 1.44. The van der Waals surface area contributed by atoms with E-state index < -0.39 is 0 Å². The molecule has 0 bridgehead atoms. The molecule has 0 unspecified atom stereocenters. The number of aromatic nitrogens is 3. The molecule has 0 atom stereocenters. The van der Waals surface area contributed by atoms with Gasteiger partial charge in [-0.15, -0.1) is 0 Å². The minimum Gasteiger partial charge on any atom is -0.397 e. The lowest BCUT2D eigenvalue weighted by atomic mass is 10.2. The fourth-order valence-electron chi connectivity index (χ4n) is 1.27. The molecule has 6 heteroatoms. The average Bonchev–Trinajstić information content (AvgIpc) is 2.81. The van der Waals surface area contributed by atoms with Gasteiger partial charge < -0.3 is 11.1 Å². The summed E-state index contributed by atoms with van der Waals surface area (Å²) in [5, 5.41) is 18.3. The lowest BCUT2D eigenvalue weighted by molar-refractivity contribution is 0.955. The van der Waals surface area contributed by atoms with E-state index in [4.69, 9.17) is 11.0 Å². The summed E-state index contributed by atoms with van der Waals surface area (Å²) in [4.78, 5) is 3.97. The van der Waals surface area contributed by atoms with Crippen molar-refractivity contribution < 1.29 is 0 Å². The first kappa shape index (κ1) is 9.98. The van der Waals surface area contributed by atoms with Gasteiger partial charge in [0.25, 0.3) is 0 Å². The van der Waals surface area contributed by atoms with Crippen LogP contribution in [0.3, 0.4) is 0 Å². The first-order valence-electron chi connectivity index (χ1n) is 4.67.